The molecule has 33 heavy (non-hydrogen) atoms. The van der Waals surface area contributed by atoms with Crippen LogP contribution in [0.4, 0.5) is 13.2 Å². The van der Waals surface area contributed by atoms with Crippen LogP contribution in [0.3, 0.4) is 0 Å². The average Bonchev–Trinajstić information content (AvgIpc) is 3.26. The molecule has 0 unspecified atom stereocenters. The second-order valence-corrected chi connectivity index (χ2v) is 7.44. The number of hydrogen-bond acceptors (Lipinski definition) is 6. The molecule has 0 fully saturated rings. The second-order valence-electron chi connectivity index (χ2n) is 7.44. The van der Waals surface area contributed by atoms with Gasteiger partial charge in [-0.25, -0.2) is 0 Å². The van der Waals surface area contributed by atoms with Crippen molar-refractivity contribution in [3.8, 4) is 11.5 Å². The van der Waals surface area contributed by atoms with Gasteiger partial charge in [0.1, 0.15) is 6.61 Å². The van der Waals surface area contributed by atoms with Crippen molar-refractivity contribution in [2.75, 3.05) is 34.5 Å². The smallest absolute Gasteiger partial charge is 0.416 e. The van der Waals surface area contributed by atoms with Crippen LogP contribution in [0.25, 0.3) is 0 Å². The predicted octanol–water partition coefficient (Wildman–Crippen LogP) is 3.89. The fourth-order valence-electron chi connectivity index (χ4n) is 3.45. The van der Waals surface area contributed by atoms with Gasteiger partial charge in [-0.05, 0) is 35.9 Å². The third-order valence-electron chi connectivity index (χ3n) is 5.15. The SMILES string of the molecule is COCC(=O)N(Cc1ccc(C(F)(F)F)cc1)C[C@H]1CC(c2ccc(OC)c(OC)c2)=NO1. The maximum atomic E-state index is 12.8. The highest BCUT2D eigenvalue weighted by Gasteiger charge is 2.31. The van der Waals surface area contributed by atoms with Crippen LogP contribution in [0.2, 0.25) is 0 Å². The molecular weight excluding hydrogens is 441 g/mol. The quantitative estimate of drug-likeness (QED) is 0.561. The molecule has 0 aromatic heterocycles. The van der Waals surface area contributed by atoms with E-state index in [0.717, 1.165) is 17.7 Å². The van der Waals surface area contributed by atoms with Crippen molar-refractivity contribution in [3.05, 3.63) is 59.2 Å². The molecule has 2 aromatic carbocycles. The minimum atomic E-state index is -4.42. The molecule has 0 saturated carbocycles. The number of carbonyl (C=O) groups is 1. The number of benzene rings is 2. The summed E-state index contributed by atoms with van der Waals surface area (Å²) in [4.78, 5) is 19.6. The number of rotatable bonds is 9. The summed E-state index contributed by atoms with van der Waals surface area (Å²) < 4.78 is 54.0. The Labute approximate surface area is 189 Å². The van der Waals surface area contributed by atoms with Crippen molar-refractivity contribution in [2.24, 2.45) is 5.16 Å². The lowest BCUT2D eigenvalue weighted by molar-refractivity contribution is -0.138. The van der Waals surface area contributed by atoms with Gasteiger partial charge < -0.3 is 23.9 Å². The van der Waals surface area contributed by atoms with E-state index < -0.39 is 17.8 Å². The van der Waals surface area contributed by atoms with Crippen molar-refractivity contribution >= 4 is 11.6 Å². The molecule has 3 rings (SSSR count). The number of carbonyl (C=O) groups excluding carboxylic acids is 1. The zero-order chi connectivity index (χ0) is 24.0. The summed E-state index contributed by atoms with van der Waals surface area (Å²) in [6.07, 6.45) is -4.39. The van der Waals surface area contributed by atoms with Gasteiger partial charge in [0.25, 0.3) is 0 Å². The summed E-state index contributed by atoms with van der Waals surface area (Å²) >= 11 is 0. The highest BCUT2D eigenvalue weighted by atomic mass is 19.4. The topological polar surface area (TPSA) is 69.6 Å². The highest BCUT2D eigenvalue weighted by Crippen LogP contribution is 2.31. The van der Waals surface area contributed by atoms with Crippen LogP contribution in [-0.2, 0) is 27.1 Å². The van der Waals surface area contributed by atoms with Gasteiger partial charge in [0, 0.05) is 25.6 Å². The van der Waals surface area contributed by atoms with E-state index in [4.69, 9.17) is 19.0 Å². The zero-order valence-corrected chi connectivity index (χ0v) is 18.5. The van der Waals surface area contributed by atoms with Crippen LogP contribution in [0.5, 0.6) is 11.5 Å². The summed E-state index contributed by atoms with van der Waals surface area (Å²) in [5, 5.41) is 4.15. The fourth-order valence-corrected chi connectivity index (χ4v) is 3.45. The summed E-state index contributed by atoms with van der Waals surface area (Å²) in [5.74, 6) is 0.839. The van der Waals surface area contributed by atoms with Crippen molar-refractivity contribution in [1.82, 2.24) is 4.90 Å². The molecule has 0 spiro atoms. The van der Waals surface area contributed by atoms with Crippen molar-refractivity contribution in [3.63, 3.8) is 0 Å². The maximum Gasteiger partial charge on any atom is 0.416 e. The molecule has 178 valence electrons. The molecule has 1 amide bonds. The number of halogens is 3. The standard InChI is InChI=1S/C23H25F3N2O5/c1-30-14-22(29)28(12-15-4-7-17(8-5-15)23(24,25)26)13-18-11-19(27-33-18)16-6-9-20(31-2)21(10-16)32-3/h4-10,18H,11-14H2,1-3H3/t18-/m1/s1. The molecule has 2 aromatic rings. The molecule has 0 aliphatic carbocycles. The number of oxime groups is 1. The molecule has 7 nitrogen and oxygen atoms in total. The normalized spacial score (nSPS) is 15.6. The van der Waals surface area contributed by atoms with Gasteiger partial charge >= 0.3 is 6.18 Å². The number of ether oxygens (including phenoxy) is 3. The Balaban J connectivity index is 1.68. The van der Waals surface area contributed by atoms with Gasteiger partial charge in [0.2, 0.25) is 5.91 Å². The lowest BCUT2D eigenvalue weighted by Crippen LogP contribution is -2.39. The van der Waals surface area contributed by atoms with Gasteiger partial charge in [0.15, 0.2) is 17.6 Å². The van der Waals surface area contributed by atoms with Crippen molar-refractivity contribution in [2.45, 2.75) is 25.2 Å². The molecule has 1 aliphatic rings. The van der Waals surface area contributed by atoms with E-state index in [1.54, 1.807) is 19.2 Å². The number of amides is 1. The van der Waals surface area contributed by atoms with Crippen LogP contribution >= 0.6 is 0 Å². The predicted molar refractivity (Wildman–Crippen MR) is 114 cm³/mol. The van der Waals surface area contributed by atoms with Gasteiger partial charge in [-0.1, -0.05) is 17.3 Å². The second kappa shape index (κ2) is 10.6. The molecule has 0 N–H and O–H groups in total. The van der Waals surface area contributed by atoms with Crippen molar-refractivity contribution in [1.29, 1.82) is 0 Å². The van der Waals surface area contributed by atoms with Gasteiger partial charge in [0.05, 0.1) is 32.0 Å². The number of alkyl halides is 3. The van der Waals surface area contributed by atoms with Gasteiger partial charge in [-0.15, -0.1) is 0 Å². The first-order chi connectivity index (χ1) is 15.7. The Hall–Kier alpha value is -3.27. The minimum absolute atomic E-state index is 0.117. The Kier molecular flexibility index (Phi) is 7.80. The third kappa shape index (κ3) is 6.16. The summed E-state index contributed by atoms with van der Waals surface area (Å²) in [5.41, 5.74) is 1.31. The van der Waals surface area contributed by atoms with E-state index >= 15 is 0 Å². The van der Waals surface area contributed by atoms with E-state index in [9.17, 15) is 18.0 Å². The highest BCUT2D eigenvalue weighted by molar-refractivity contribution is 6.01. The number of methoxy groups -OCH3 is 3. The Morgan fingerprint density at radius 3 is 2.39 bits per heavy atom. The Morgan fingerprint density at radius 2 is 1.79 bits per heavy atom. The van der Waals surface area contributed by atoms with Crippen LogP contribution in [-0.4, -0.2) is 57.1 Å². The van der Waals surface area contributed by atoms with E-state index in [1.165, 1.54) is 31.3 Å². The van der Waals surface area contributed by atoms with Gasteiger partial charge in [-0.2, -0.15) is 13.2 Å². The summed E-state index contributed by atoms with van der Waals surface area (Å²) in [6, 6.07) is 10.1. The fraction of sp³-hybridized carbons (Fsp3) is 0.391. The van der Waals surface area contributed by atoms with E-state index in [2.05, 4.69) is 5.16 Å². The lowest BCUT2D eigenvalue weighted by atomic mass is 10.0. The Bertz CT molecular complexity index is 993. The molecular formula is C23H25F3N2O5. The molecule has 0 bridgehead atoms. The van der Waals surface area contributed by atoms with E-state index in [0.29, 0.717) is 29.2 Å². The largest absolute Gasteiger partial charge is 0.493 e. The first kappa shape index (κ1) is 24.4. The van der Waals surface area contributed by atoms with E-state index in [1.807, 2.05) is 6.07 Å². The third-order valence-corrected chi connectivity index (χ3v) is 5.15. The molecule has 1 atom stereocenters. The lowest BCUT2D eigenvalue weighted by Gasteiger charge is -2.25. The first-order valence-corrected chi connectivity index (χ1v) is 10.1. The number of hydrogen-bond donors (Lipinski definition) is 0. The van der Waals surface area contributed by atoms with Crippen LogP contribution in [0.15, 0.2) is 47.6 Å². The molecule has 0 saturated heterocycles. The molecule has 1 aliphatic heterocycles. The van der Waals surface area contributed by atoms with Crippen LogP contribution in [0.1, 0.15) is 23.1 Å². The molecule has 10 heteroatoms. The van der Waals surface area contributed by atoms with Crippen LogP contribution < -0.4 is 9.47 Å². The first-order valence-electron chi connectivity index (χ1n) is 10.1. The average molecular weight is 466 g/mol. The monoisotopic (exact) mass is 466 g/mol. The Morgan fingerprint density at radius 1 is 1.09 bits per heavy atom. The van der Waals surface area contributed by atoms with E-state index in [-0.39, 0.29) is 25.6 Å². The maximum absolute atomic E-state index is 12.8. The summed E-state index contributed by atoms with van der Waals surface area (Å²) in [6.45, 7) is 0.159. The number of nitrogens with zero attached hydrogens (tertiary/aromatic N) is 2. The minimum Gasteiger partial charge on any atom is -0.493 e. The zero-order valence-electron chi connectivity index (χ0n) is 18.5. The summed E-state index contributed by atoms with van der Waals surface area (Å²) in [7, 11) is 4.49. The van der Waals surface area contributed by atoms with Gasteiger partial charge in [-0.3, -0.25) is 4.79 Å². The molecule has 0 radical (unpaired) electrons. The van der Waals surface area contributed by atoms with Crippen molar-refractivity contribution < 1.29 is 37.0 Å². The van der Waals surface area contributed by atoms with Crippen LogP contribution in [0, 0.1) is 0 Å². The molecule has 1 heterocycles.